The van der Waals surface area contributed by atoms with Crippen molar-refractivity contribution in [2.75, 3.05) is 31.6 Å². The Balaban J connectivity index is 1.52. The minimum absolute atomic E-state index is 0.119. The number of likely N-dealkylation sites (N-methyl/N-ethyl adjacent to an activating group) is 1. The number of hydrogen-bond donors (Lipinski definition) is 0. The van der Waals surface area contributed by atoms with Crippen LogP contribution in [-0.2, 0) is 4.79 Å². The third kappa shape index (κ3) is 4.20. The molecule has 1 heterocycles. The largest absolute Gasteiger partial charge is 0.492 e. The Bertz CT molecular complexity index is 775. The Kier molecular flexibility index (Phi) is 5.51. The van der Waals surface area contributed by atoms with E-state index >= 15 is 0 Å². The molecule has 3 rings (SSSR count). The maximum absolute atomic E-state index is 12.8. The minimum atomic E-state index is -0.316. The van der Waals surface area contributed by atoms with Gasteiger partial charge in [-0.15, -0.1) is 0 Å². The summed E-state index contributed by atoms with van der Waals surface area (Å²) in [5, 5.41) is 0. The zero-order valence-electron chi connectivity index (χ0n) is 14.7. The molecule has 0 saturated carbocycles. The van der Waals surface area contributed by atoms with Crippen LogP contribution in [-0.4, -0.2) is 43.5 Å². The molecule has 0 aliphatic carbocycles. The first-order valence-corrected chi connectivity index (χ1v) is 8.59. The molecule has 0 aromatic heterocycles. The molecule has 0 N–H and O–H groups in total. The smallest absolute Gasteiger partial charge is 0.253 e. The number of hydrogen-bond acceptors (Lipinski definition) is 3. The van der Waals surface area contributed by atoms with Crippen LogP contribution in [0.1, 0.15) is 23.2 Å². The van der Waals surface area contributed by atoms with Gasteiger partial charge in [0.05, 0.1) is 6.54 Å². The van der Waals surface area contributed by atoms with Crippen molar-refractivity contribution >= 4 is 17.5 Å². The van der Waals surface area contributed by atoms with Gasteiger partial charge in [0, 0.05) is 31.3 Å². The minimum Gasteiger partial charge on any atom is -0.492 e. The summed E-state index contributed by atoms with van der Waals surface area (Å²) < 4.78 is 18.4. The number of ether oxygens (including phenoxy) is 1. The summed E-state index contributed by atoms with van der Waals surface area (Å²) >= 11 is 0. The highest BCUT2D eigenvalue weighted by Crippen LogP contribution is 2.22. The predicted octanol–water partition coefficient (Wildman–Crippen LogP) is 3.10. The van der Waals surface area contributed by atoms with Gasteiger partial charge < -0.3 is 14.5 Å². The van der Waals surface area contributed by atoms with E-state index < -0.39 is 0 Å². The lowest BCUT2D eigenvalue weighted by Gasteiger charge is -2.19. The molecule has 2 aromatic rings. The van der Waals surface area contributed by atoms with E-state index in [4.69, 9.17) is 4.74 Å². The van der Waals surface area contributed by atoms with Gasteiger partial charge in [0.2, 0.25) is 5.91 Å². The van der Waals surface area contributed by atoms with Crippen LogP contribution in [0.3, 0.4) is 0 Å². The lowest BCUT2D eigenvalue weighted by atomic mass is 10.1. The van der Waals surface area contributed by atoms with Crippen molar-refractivity contribution in [2.24, 2.45) is 0 Å². The molecule has 1 aliphatic rings. The first-order valence-electron chi connectivity index (χ1n) is 8.59. The van der Waals surface area contributed by atoms with Gasteiger partial charge in [-0.25, -0.2) is 4.39 Å². The maximum Gasteiger partial charge on any atom is 0.253 e. The normalized spacial score (nSPS) is 13.8. The van der Waals surface area contributed by atoms with Crippen LogP contribution in [0, 0.1) is 5.82 Å². The quantitative estimate of drug-likeness (QED) is 0.799. The van der Waals surface area contributed by atoms with E-state index in [9.17, 15) is 14.0 Å². The second kappa shape index (κ2) is 7.99. The molecule has 0 bridgehead atoms. The number of carbonyl (C=O) groups is 2. The molecule has 0 spiro atoms. The summed E-state index contributed by atoms with van der Waals surface area (Å²) in [4.78, 5) is 27.6. The monoisotopic (exact) mass is 356 g/mol. The molecule has 6 heteroatoms. The van der Waals surface area contributed by atoms with Gasteiger partial charge in [0.25, 0.3) is 5.91 Å². The van der Waals surface area contributed by atoms with Gasteiger partial charge in [0.15, 0.2) is 0 Å². The van der Waals surface area contributed by atoms with E-state index in [0.717, 1.165) is 18.7 Å². The molecule has 1 aliphatic heterocycles. The number of anilines is 1. The van der Waals surface area contributed by atoms with Gasteiger partial charge in [-0.3, -0.25) is 9.59 Å². The highest BCUT2D eigenvalue weighted by molar-refractivity contribution is 5.97. The van der Waals surface area contributed by atoms with E-state index in [1.54, 1.807) is 53.2 Å². The second-order valence-corrected chi connectivity index (χ2v) is 6.22. The molecule has 0 radical (unpaired) electrons. The number of benzene rings is 2. The lowest BCUT2D eigenvalue weighted by Crippen LogP contribution is -2.31. The van der Waals surface area contributed by atoms with Crippen LogP contribution >= 0.6 is 0 Å². The zero-order valence-corrected chi connectivity index (χ0v) is 14.7. The van der Waals surface area contributed by atoms with Gasteiger partial charge >= 0.3 is 0 Å². The summed E-state index contributed by atoms with van der Waals surface area (Å²) in [6.45, 7) is 1.45. The number of rotatable bonds is 6. The molecule has 1 fully saturated rings. The van der Waals surface area contributed by atoms with Crippen molar-refractivity contribution in [3.63, 3.8) is 0 Å². The average molecular weight is 356 g/mol. The molecule has 136 valence electrons. The Hall–Kier alpha value is -2.89. The molecule has 26 heavy (non-hydrogen) atoms. The van der Waals surface area contributed by atoms with Crippen molar-refractivity contribution in [3.05, 3.63) is 59.9 Å². The molecule has 1 saturated heterocycles. The van der Waals surface area contributed by atoms with E-state index in [-0.39, 0.29) is 17.6 Å². The SMILES string of the molecule is CN(CCOc1ccc(F)cc1)C(=O)c1ccc(N2CCCC2=O)cc1. The summed E-state index contributed by atoms with van der Waals surface area (Å²) in [5.41, 5.74) is 1.39. The van der Waals surface area contributed by atoms with E-state index in [2.05, 4.69) is 0 Å². The van der Waals surface area contributed by atoms with Crippen molar-refractivity contribution in [3.8, 4) is 5.75 Å². The third-order valence-corrected chi connectivity index (χ3v) is 4.36. The van der Waals surface area contributed by atoms with Crippen LogP contribution in [0.25, 0.3) is 0 Å². The summed E-state index contributed by atoms with van der Waals surface area (Å²) in [6, 6.07) is 12.8. The highest BCUT2D eigenvalue weighted by atomic mass is 19.1. The molecule has 5 nitrogen and oxygen atoms in total. The van der Waals surface area contributed by atoms with Crippen LogP contribution in [0.2, 0.25) is 0 Å². The van der Waals surface area contributed by atoms with Crippen LogP contribution < -0.4 is 9.64 Å². The van der Waals surface area contributed by atoms with Crippen molar-refractivity contribution in [1.82, 2.24) is 4.90 Å². The van der Waals surface area contributed by atoms with Crippen molar-refractivity contribution in [1.29, 1.82) is 0 Å². The number of nitrogens with zero attached hydrogens (tertiary/aromatic N) is 2. The molecular formula is C20H21FN2O3. The molecule has 0 atom stereocenters. The second-order valence-electron chi connectivity index (χ2n) is 6.22. The van der Waals surface area contributed by atoms with Crippen LogP contribution in [0.4, 0.5) is 10.1 Å². The summed E-state index contributed by atoms with van der Waals surface area (Å²) in [6.07, 6.45) is 1.45. The number of carbonyl (C=O) groups excluding carboxylic acids is 2. The van der Waals surface area contributed by atoms with Crippen LogP contribution in [0.15, 0.2) is 48.5 Å². The van der Waals surface area contributed by atoms with Gasteiger partial charge in [-0.2, -0.15) is 0 Å². The average Bonchev–Trinajstić information content (AvgIpc) is 3.09. The molecule has 2 amide bonds. The Morgan fingerprint density at radius 3 is 2.46 bits per heavy atom. The van der Waals surface area contributed by atoms with Crippen molar-refractivity contribution in [2.45, 2.75) is 12.8 Å². The first kappa shape index (κ1) is 17.9. The first-order chi connectivity index (χ1) is 12.5. The molecule has 0 unspecified atom stereocenters. The fourth-order valence-electron chi connectivity index (χ4n) is 2.86. The maximum atomic E-state index is 12.8. The summed E-state index contributed by atoms with van der Waals surface area (Å²) in [5.74, 6) is 0.252. The lowest BCUT2D eigenvalue weighted by molar-refractivity contribution is -0.117. The molecule has 2 aromatic carbocycles. The van der Waals surface area contributed by atoms with E-state index in [0.29, 0.717) is 30.9 Å². The van der Waals surface area contributed by atoms with E-state index in [1.807, 2.05) is 0 Å². The topological polar surface area (TPSA) is 49.9 Å². The van der Waals surface area contributed by atoms with Gasteiger partial charge in [-0.1, -0.05) is 0 Å². The standard InChI is InChI=1S/C20H21FN2O3/c1-22(13-14-26-18-10-6-16(21)7-11-18)20(25)15-4-8-17(9-5-15)23-12-2-3-19(23)24/h4-11H,2-3,12-14H2,1H3. The number of amides is 2. The molecular weight excluding hydrogens is 335 g/mol. The Morgan fingerprint density at radius 2 is 1.85 bits per heavy atom. The zero-order chi connectivity index (χ0) is 18.5. The predicted molar refractivity (Wildman–Crippen MR) is 96.9 cm³/mol. The van der Waals surface area contributed by atoms with Gasteiger partial charge in [0.1, 0.15) is 18.2 Å². The fourth-order valence-corrected chi connectivity index (χ4v) is 2.86. The number of halogens is 1. The Labute approximate surface area is 152 Å². The Morgan fingerprint density at radius 1 is 1.15 bits per heavy atom. The van der Waals surface area contributed by atoms with Crippen LogP contribution in [0.5, 0.6) is 5.75 Å². The fraction of sp³-hybridized carbons (Fsp3) is 0.300. The summed E-state index contributed by atoms with van der Waals surface area (Å²) in [7, 11) is 1.70. The van der Waals surface area contributed by atoms with Crippen molar-refractivity contribution < 1.29 is 18.7 Å². The van der Waals surface area contributed by atoms with Gasteiger partial charge in [-0.05, 0) is 55.0 Å². The highest BCUT2D eigenvalue weighted by Gasteiger charge is 2.22. The van der Waals surface area contributed by atoms with E-state index in [1.165, 1.54) is 12.1 Å². The third-order valence-electron chi connectivity index (χ3n) is 4.36.